The number of pyridine rings is 1. The second kappa shape index (κ2) is 8.62. The first-order valence-electron chi connectivity index (χ1n) is 10.3. The zero-order chi connectivity index (χ0) is 23.7. The van der Waals surface area contributed by atoms with Gasteiger partial charge in [0.15, 0.2) is 17.3 Å². The lowest BCUT2D eigenvalue weighted by Gasteiger charge is -2.09. The number of anilines is 2. The number of fused-ring (bicyclic) bond motifs is 1. The minimum Gasteiger partial charge on any atom is -0.439 e. The van der Waals surface area contributed by atoms with Crippen LogP contribution in [0.25, 0.3) is 22.6 Å². The molecule has 0 atom stereocenters. The molecule has 0 saturated carbocycles. The van der Waals surface area contributed by atoms with E-state index in [1.54, 1.807) is 36.5 Å². The predicted octanol–water partition coefficient (Wildman–Crippen LogP) is 4.27. The maximum absolute atomic E-state index is 13.1. The molecule has 10 nitrogen and oxygen atoms in total. The Labute approximate surface area is 192 Å². The van der Waals surface area contributed by atoms with Crippen LogP contribution in [0.15, 0.2) is 65.4 Å². The van der Waals surface area contributed by atoms with E-state index in [1.165, 1.54) is 24.3 Å². The van der Waals surface area contributed by atoms with Crippen LogP contribution in [-0.2, 0) is 6.54 Å². The van der Waals surface area contributed by atoms with E-state index in [0.29, 0.717) is 46.5 Å². The van der Waals surface area contributed by atoms with Crippen LogP contribution in [0.1, 0.15) is 17.3 Å². The molecule has 0 aliphatic heterocycles. The highest BCUT2D eigenvalue weighted by Gasteiger charge is 2.19. The first-order valence-corrected chi connectivity index (χ1v) is 10.3. The van der Waals surface area contributed by atoms with Gasteiger partial charge in [-0.25, -0.2) is 19.0 Å². The Hall–Kier alpha value is -4.80. The molecule has 0 spiro atoms. The molecule has 170 valence electrons. The van der Waals surface area contributed by atoms with Gasteiger partial charge < -0.3 is 20.4 Å². The van der Waals surface area contributed by atoms with Gasteiger partial charge in [0.1, 0.15) is 17.1 Å². The Kier molecular flexibility index (Phi) is 5.34. The largest absolute Gasteiger partial charge is 0.439 e. The van der Waals surface area contributed by atoms with Crippen molar-refractivity contribution in [1.29, 1.82) is 0 Å². The maximum atomic E-state index is 13.1. The number of hydrogen-bond donors (Lipinski definition) is 2. The van der Waals surface area contributed by atoms with E-state index >= 15 is 0 Å². The molecule has 5 rings (SSSR count). The van der Waals surface area contributed by atoms with E-state index in [-0.39, 0.29) is 11.7 Å². The van der Waals surface area contributed by atoms with Crippen molar-refractivity contribution < 1.29 is 18.6 Å². The molecule has 3 N–H and O–H groups in total. The van der Waals surface area contributed by atoms with Gasteiger partial charge in [-0.1, -0.05) is 6.07 Å². The molecule has 0 saturated heterocycles. The minimum atomic E-state index is -0.408. The lowest BCUT2D eigenvalue weighted by Crippen LogP contribution is -2.11. The molecule has 2 aromatic carbocycles. The first-order chi connectivity index (χ1) is 16.5. The molecule has 0 aliphatic carbocycles. The van der Waals surface area contributed by atoms with Crippen LogP contribution >= 0.6 is 0 Å². The van der Waals surface area contributed by atoms with Gasteiger partial charge in [0.2, 0.25) is 5.88 Å². The van der Waals surface area contributed by atoms with E-state index in [4.69, 9.17) is 15.1 Å². The summed E-state index contributed by atoms with van der Waals surface area (Å²) >= 11 is 0. The number of benzene rings is 2. The van der Waals surface area contributed by atoms with Crippen molar-refractivity contribution in [2.24, 2.45) is 0 Å². The summed E-state index contributed by atoms with van der Waals surface area (Å²) in [6.45, 7) is 2.55. The second-order valence-electron chi connectivity index (χ2n) is 7.28. The molecule has 11 heteroatoms. The molecule has 5 aromatic rings. The molecule has 0 bridgehead atoms. The third kappa shape index (κ3) is 4.01. The lowest BCUT2D eigenvalue weighted by molar-refractivity contribution is 0.102. The SMILES string of the molecule is CCn1c(-c2nonc2N)nc2cnc(Oc3cccc(NC(=O)c4ccc(F)cc4)c3)cc21. The molecule has 0 fully saturated rings. The number of aromatic nitrogens is 5. The van der Waals surface area contributed by atoms with Gasteiger partial charge >= 0.3 is 0 Å². The number of nitrogens with two attached hydrogens (primary N) is 1. The Morgan fingerprint density at radius 3 is 2.74 bits per heavy atom. The van der Waals surface area contributed by atoms with Crippen LogP contribution in [0.3, 0.4) is 0 Å². The van der Waals surface area contributed by atoms with Crippen LogP contribution < -0.4 is 15.8 Å². The number of nitrogens with one attached hydrogen (secondary N) is 1. The second-order valence-corrected chi connectivity index (χ2v) is 7.28. The fraction of sp³-hybridized carbons (Fsp3) is 0.0870. The van der Waals surface area contributed by atoms with Gasteiger partial charge in [0.05, 0.1) is 11.7 Å². The highest BCUT2D eigenvalue weighted by molar-refractivity contribution is 6.04. The maximum Gasteiger partial charge on any atom is 0.255 e. The number of nitrogen functional groups attached to an aromatic ring is 1. The number of ether oxygens (including phenoxy) is 1. The van der Waals surface area contributed by atoms with Crippen molar-refractivity contribution in [2.45, 2.75) is 13.5 Å². The molecular weight excluding hydrogens is 441 g/mol. The van der Waals surface area contributed by atoms with Crippen molar-refractivity contribution >= 4 is 28.4 Å². The topological polar surface area (TPSA) is 134 Å². The summed E-state index contributed by atoms with van der Waals surface area (Å²) < 4.78 is 25.6. The number of rotatable bonds is 6. The highest BCUT2D eigenvalue weighted by Crippen LogP contribution is 2.30. The van der Waals surface area contributed by atoms with Gasteiger partial charge in [0.25, 0.3) is 5.91 Å². The van der Waals surface area contributed by atoms with Crippen molar-refractivity contribution in [3.05, 3.63) is 72.2 Å². The van der Waals surface area contributed by atoms with Gasteiger partial charge in [-0.3, -0.25) is 4.79 Å². The van der Waals surface area contributed by atoms with Crippen molar-refractivity contribution in [2.75, 3.05) is 11.1 Å². The Morgan fingerprint density at radius 2 is 2.00 bits per heavy atom. The van der Waals surface area contributed by atoms with Crippen LogP contribution in [0.5, 0.6) is 11.6 Å². The number of carbonyl (C=O) groups excluding carboxylic acids is 1. The molecule has 0 unspecified atom stereocenters. The smallest absolute Gasteiger partial charge is 0.255 e. The quantitative estimate of drug-likeness (QED) is 0.385. The predicted molar refractivity (Wildman–Crippen MR) is 122 cm³/mol. The number of nitrogens with zero attached hydrogens (tertiary/aromatic N) is 5. The number of hydrogen-bond acceptors (Lipinski definition) is 8. The lowest BCUT2D eigenvalue weighted by atomic mass is 10.2. The normalized spacial score (nSPS) is 11.0. The van der Waals surface area contributed by atoms with Crippen LogP contribution in [0.2, 0.25) is 0 Å². The summed E-state index contributed by atoms with van der Waals surface area (Å²) in [4.78, 5) is 21.3. The first kappa shape index (κ1) is 21.1. The summed E-state index contributed by atoms with van der Waals surface area (Å²) in [5, 5.41) is 10.2. The van der Waals surface area contributed by atoms with E-state index in [0.717, 1.165) is 5.52 Å². The van der Waals surface area contributed by atoms with E-state index in [2.05, 4.69) is 25.6 Å². The average Bonchev–Trinajstić information content (AvgIpc) is 3.42. The van der Waals surface area contributed by atoms with Crippen molar-refractivity contribution in [1.82, 2.24) is 24.8 Å². The molecule has 34 heavy (non-hydrogen) atoms. The Bertz CT molecular complexity index is 1490. The average molecular weight is 459 g/mol. The number of amides is 1. The summed E-state index contributed by atoms with van der Waals surface area (Å²) in [5.74, 6) is 0.694. The van der Waals surface area contributed by atoms with Gasteiger partial charge in [-0.15, -0.1) is 0 Å². The highest BCUT2D eigenvalue weighted by atomic mass is 19.1. The summed E-state index contributed by atoms with van der Waals surface area (Å²) in [6.07, 6.45) is 1.59. The van der Waals surface area contributed by atoms with Gasteiger partial charge in [0, 0.05) is 29.9 Å². The zero-order valence-electron chi connectivity index (χ0n) is 17.9. The third-order valence-corrected chi connectivity index (χ3v) is 5.07. The van der Waals surface area contributed by atoms with Crippen LogP contribution in [0, 0.1) is 5.82 Å². The zero-order valence-corrected chi connectivity index (χ0v) is 17.9. The molecule has 3 aromatic heterocycles. The number of halogens is 1. The fourth-order valence-corrected chi connectivity index (χ4v) is 3.48. The van der Waals surface area contributed by atoms with E-state index in [9.17, 15) is 9.18 Å². The molecule has 3 heterocycles. The van der Waals surface area contributed by atoms with Gasteiger partial charge in [-0.05, 0) is 53.6 Å². The summed E-state index contributed by atoms with van der Waals surface area (Å²) in [6, 6.07) is 13.9. The Balaban J connectivity index is 1.39. The molecule has 0 radical (unpaired) electrons. The van der Waals surface area contributed by atoms with Gasteiger partial charge in [-0.2, -0.15) is 0 Å². The standard InChI is InChI=1S/C23H18FN7O3/c1-2-31-18-11-19(26-12-17(18)28-22(31)20-21(25)30-34-29-20)33-16-5-3-4-15(10-16)27-23(32)13-6-8-14(24)9-7-13/h3-12H,2H2,1H3,(H2,25,30)(H,27,32). The minimum absolute atomic E-state index is 0.147. The number of aryl methyl sites for hydroxylation is 1. The van der Waals surface area contributed by atoms with Crippen LogP contribution in [-0.4, -0.2) is 30.8 Å². The van der Waals surface area contributed by atoms with Crippen LogP contribution in [0.4, 0.5) is 15.9 Å². The number of carbonyl (C=O) groups is 1. The van der Waals surface area contributed by atoms with E-state index < -0.39 is 5.82 Å². The van der Waals surface area contributed by atoms with Crippen molar-refractivity contribution in [3.8, 4) is 23.1 Å². The summed E-state index contributed by atoms with van der Waals surface area (Å²) in [7, 11) is 0. The third-order valence-electron chi connectivity index (χ3n) is 5.07. The fourth-order valence-electron chi connectivity index (χ4n) is 3.48. The molecule has 1 amide bonds. The molecule has 0 aliphatic rings. The number of imidazole rings is 1. The van der Waals surface area contributed by atoms with Crippen molar-refractivity contribution in [3.63, 3.8) is 0 Å². The van der Waals surface area contributed by atoms with E-state index in [1.807, 2.05) is 11.5 Å². The molecular formula is C23H18FN7O3. The monoisotopic (exact) mass is 459 g/mol. The summed E-state index contributed by atoms with van der Waals surface area (Å²) in [5.41, 5.74) is 8.44. The Morgan fingerprint density at radius 1 is 1.18 bits per heavy atom.